The Labute approximate surface area is 176 Å². The van der Waals surface area contributed by atoms with Crippen LogP contribution in [0, 0.1) is 16.7 Å². The molecular formula is C22H38N2O4S. The lowest BCUT2D eigenvalue weighted by atomic mass is 9.69. The number of rotatable bonds is 7. The van der Waals surface area contributed by atoms with Crippen LogP contribution in [0.1, 0.15) is 91.4 Å². The molecule has 2 heterocycles. The molecule has 0 aromatic heterocycles. The van der Waals surface area contributed by atoms with Crippen molar-refractivity contribution in [1.29, 1.82) is 0 Å². The molecule has 5 atom stereocenters. The SMILES string of the molecule is CCCCCCC[C@@H]1CC[C@H](C(=O)N2[C@@H]3C[C@H]4CC[C@]3(CS2(=O)=O)C4(C)C)N1O. The zero-order valence-electron chi connectivity index (χ0n) is 18.3. The zero-order chi connectivity index (χ0) is 21.0. The van der Waals surface area contributed by atoms with E-state index in [9.17, 15) is 18.4 Å². The Hall–Kier alpha value is -0.660. The highest BCUT2D eigenvalue weighted by Gasteiger charge is 2.72. The average molecular weight is 427 g/mol. The molecule has 0 aromatic rings. The van der Waals surface area contributed by atoms with Crippen molar-refractivity contribution in [2.24, 2.45) is 16.7 Å². The van der Waals surface area contributed by atoms with Crippen LogP contribution in [-0.2, 0) is 14.8 Å². The first kappa shape index (κ1) is 21.6. The number of carbonyl (C=O) groups excluding carboxylic acids is 1. The van der Waals surface area contributed by atoms with Crippen molar-refractivity contribution in [3.05, 3.63) is 0 Å². The highest BCUT2D eigenvalue weighted by Crippen LogP contribution is 2.70. The fourth-order valence-corrected chi connectivity index (χ4v) is 9.66. The lowest BCUT2D eigenvalue weighted by Crippen LogP contribution is -2.51. The summed E-state index contributed by atoms with van der Waals surface area (Å²) in [5.41, 5.74) is -0.348. The molecule has 4 fully saturated rings. The number of hydrogen-bond acceptors (Lipinski definition) is 5. The van der Waals surface area contributed by atoms with Crippen LogP contribution in [0.15, 0.2) is 0 Å². The molecule has 1 amide bonds. The van der Waals surface area contributed by atoms with Crippen molar-refractivity contribution in [3.63, 3.8) is 0 Å². The molecule has 2 bridgehead atoms. The Morgan fingerprint density at radius 1 is 1.10 bits per heavy atom. The van der Waals surface area contributed by atoms with Crippen LogP contribution in [-0.4, -0.2) is 52.8 Å². The van der Waals surface area contributed by atoms with Gasteiger partial charge in [-0.15, -0.1) is 0 Å². The van der Waals surface area contributed by atoms with Crippen LogP contribution in [0.5, 0.6) is 0 Å². The lowest BCUT2D eigenvalue weighted by molar-refractivity contribution is -0.163. The van der Waals surface area contributed by atoms with Crippen molar-refractivity contribution in [2.75, 3.05) is 5.75 Å². The fraction of sp³-hybridized carbons (Fsp3) is 0.955. The van der Waals surface area contributed by atoms with E-state index in [0.29, 0.717) is 12.3 Å². The van der Waals surface area contributed by atoms with E-state index in [1.807, 2.05) is 0 Å². The summed E-state index contributed by atoms with van der Waals surface area (Å²) < 4.78 is 27.4. The summed E-state index contributed by atoms with van der Waals surface area (Å²) in [5.74, 6) is 0.202. The van der Waals surface area contributed by atoms with Gasteiger partial charge in [-0.2, -0.15) is 5.06 Å². The third-order valence-corrected chi connectivity index (χ3v) is 10.9. The average Bonchev–Trinajstić information content (AvgIpc) is 3.27. The van der Waals surface area contributed by atoms with Crippen LogP contribution >= 0.6 is 0 Å². The van der Waals surface area contributed by atoms with E-state index >= 15 is 0 Å². The number of fused-ring (bicyclic) bond motifs is 1. The topological polar surface area (TPSA) is 77.9 Å². The predicted molar refractivity (Wildman–Crippen MR) is 112 cm³/mol. The van der Waals surface area contributed by atoms with Crippen molar-refractivity contribution in [3.8, 4) is 0 Å². The maximum Gasteiger partial charge on any atom is 0.256 e. The van der Waals surface area contributed by atoms with Crippen LogP contribution in [0.25, 0.3) is 0 Å². The molecule has 4 rings (SSSR count). The van der Waals surface area contributed by atoms with Gasteiger partial charge in [0.15, 0.2) is 0 Å². The van der Waals surface area contributed by atoms with Gasteiger partial charge in [-0.05, 0) is 49.9 Å². The molecule has 0 unspecified atom stereocenters. The summed E-state index contributed by atoms with van der Waals surface area (Å²) in [6.07, 6.45) is 10.8. The number of unbranched alkanes of at least 4 members (excludes halogenated alkanes) is 4. The highest BCUT2D eigenvalue weighted by molar-refractivity contribution is 7.90. The van der Waals surface area contributed by atoms with Gasteiger partial charge in [0.25, 0.3) is 5.91 Å². The summed E-state index contributed by atoms with van der Waals surface area (Å²) in [6, 6.07) is -0.945. The molecule has 2 aliphatic carbocycles. The van der Waals surface area contributed by atoms with E-state index in [1.54, 1.807) is 0 Å². The summed E-state index contributed by atoms with van der Waals surface area (Å²) in [4.78, 5) is 13.4. The first-order chi connectivity index (χ1) is 13.7. The Morgan fingerprint density at radius 3 is 2.52 bits per heavy atom. The van der Waals surface area contributed by atoms with Gasteiger partial charge in [0, 0.05) is 11.5 Å². The molecule has 2 aliphatic heterocycles. The molecular weight excluding hydrogens is 388 g/mol. The van der Waals surface area contributed by atoms with E-state index in [4.69, 9.17) is 0 Å². The van der Waals surface area contributed by atoms with E-state index in [-0.39, 0.29) is 34.6 Å². The number of hydroxylamine groups is 2. The van der Waals surface area contributed by atoms with Crippen molar-refractivity contribution >= 4 is 15.9 Å². The molecule has 2 saturated carbocycles. The number of amides is 1. The van der Waals surface area contributed by atoms with Crippen molar-refractivity contribution < 1.29 is 18.4 Å². The number of hydrogen-bond donors (Lipinski definition) is 1. The van der Waals surface area contributed by atoms with E-state index in [2.05, 4.69) is 20.8 Å². The van der Waals surface area contributed by atoms with Gasteiger partial charge >= 0.3 is 0 Å². The van der Waals surface area contributed by atoms with E-state index < -0.39 is 16.1 Å². The van der Waals surface area contributed by atoms with Gasteiger partial charge in [0.05, 0.1) is 11.8 Å². The van der Waals surface area contributed by atoms with E-state index in [1.165, 1.54) is 28.6 Å². The summed E-state index contributed by atoms with van der Waals surface area (Å²) in [6.45, 7) is 6.57. The van der Waals surface area contributed by atoms with Crippen molar-refractivity contribution in [1.82, 2.24) is 9.37 Å². The minimum Gasteiger partial charge on any atom is -0.313 e. The second kappa shape index (κ2) is 7.49. The van der Waals surface area contributed by atoms with Gasteiger partial charge in [0.1, 0.15) is 6.04 Å². The van der Waals surface area contributed by atoms with Crippen molar-refractivity contribution in [2.45, 2.75) is 110 Å². The van der Waals surface area contributed by atoms with Crippen LogP contribution < -0.4 is 0 Å². The fourth-order valence-electron chi connectivity index (χ4n) is 7.09. The minimum absolute atomic E-state index is 0.0266. The Bertz CT molecular complexity index is 752. The molecule has 4 aliphatic rings. The summed E-state index contributed by atoms with van der Waals surface area (Å²) in [7, 11) is -3.62. The maximum absolute atomic E-state index is 13.4. The monoisotopic (exact) mass is 426 g/mol. The first-order valence-electron chi connectivity index (χ1n) is 11.7. The van der Waals surface area contributed by atoms with Gasteiger partial charge in [-0.1, -0.05) is 52.9 Å². The van der Waals surface area contributed by atoms with Crippen LogP contribution in [0.3, 0.4) is 0 Å². The third kappa shape index (κ3) is 3.18. The molecule has 1 N–H and O–H groups in total. The molecule has 6 nitrogen and oxygen atoms in total. The smallest absolute Gasteiger partial charge is 0.256 e. The normalized spacial score (nSPS) is 39.9. The van der Waals surface area contributed by atoms with Gasteiger partial charge in [-0.3, -0.25) is 4.79 Å². The third-order valence-electron chi connectivity index (χ3n) is 9.02. The number of carbonyl (C=O) groups is 1. The minimum atomic E-state index is -3.62. The largest absolute Gasteiger partial charge is 0.313 e. The van der Waals surface area contributed by atoms with Gasteiger partial charge in [0.2, 0.25) is 10.0 Å². The van der Waals surface area contributed by atoms with Gasteiger partial charge < -0.3 is 5.21 Å². The number of nitrogens with zero attached hydrogens (tertiary/aromatic N) is 2. The van der Waals surface area contributed by atoms with Gasteiger partial charge in [-0.25, -0.2) is 12.7 Å². The second-order valence-electron chi connectivity index (χ2n) is 10.6. The summed E-state index contributed by atoms with van der Waals surface area (Å²) in [5, 5.41) is 11.9. The van der Waals surface area contributed by atoms with Crippen LogP contribution in [0.2, 0.25) is 0 Å². The first-order valence-corrected chi connectivity index (χ1v) is 13.3. The predicted octanol–water partition coefficient (Wildman–Crippen LogP) is 3.94. The Kier molecular flexibility index (Phi) is 5.57. The molecule has 1 spiro atoms. The molecule has 0 aromatic carbocycles. The molecule has 0 radical (unpaired) electrons. The highest BCUT2D eigenvalue weighted by atomic mass is 32.2. The van der Waals surface area contributed by atoms with Crippen LogP contribution in [0.4, 0.5) is 0 Å². The maximum atomic E-state index is 13.4. The molecule has 2 saturated heterocycles. The zero-order valence-corrected chi connectivity index (χ0v) is 19.1. The molecule has 166 valence electrons. The second-order valence-corrected chi connectivity index (χ2v) is 12.4. The molecule has 7 heteroatoms. The Morgan fingerprint density at radius 2 is 1.83 bits per heavy atom. The van der Waals surface area contributed by atoms with E-state index in [0.717, 1.165) is 44.9 Å². The molecule has 29 heavy (non-hydrogen) atoms. The quantitative estimate of drug-likeness (QED) is 0.624. The lowest BCUT2D eigenvalue weighted by Gasteiger charge is -2.37. The number of sulfonamides is 1. The summed E-state index contributed by atoms with van der Waals surface area (Å²) >= 11 is 0. The standard InChI is InChI=1S/C22H38N2O4S/c1-4-5-6-7-8-9-17-10-11-18(23(17)26)20(25)24-19-14-16-12-13-22(19,21(16,2)3)15-29(24,27)28/h16-19,26H,4-15H2,1-3H3/t16-,17-,18-,19-,22-/m1/s1. The Balaban J connectivity index is 1.45.